The third kappa shape index (κ3) is 4.78. The van der Waals surface area contributed by atoms with Crippen molar-refractivity contribution < 1.29 is 0 Å². The zero-order valence-electron chi connectivity index (χ0n) is 33.5. The molecular weight excluding hydrogens is 727 g/mol. The predicted molar refractivity (Wildman–Crippen MR) is 252 cm³/mol. The molecule has 60 heavy (non-hydrogen) atoms. The van der Waals surface area contributed by atoms with Gasteiger partial charge in [-0.05, 0) is 125 Å². The minimum absolute atomic E-state index is 0.0697. The maximum absolute atomic E-state index is 2.54. The molecular formula is C57H41N3. The van der Waals surface area contributed by atoms with Crippen molar-refractivity contribution >= 4 is 60.6 Å². The molecule has 3 heterocycles. The molecule has 0 radical (unpaired) electrons. The Kier molecular flexibility index (Phi) is 6.90. The summed E-state index contributed by atoms with van der Waals surface area (Å²) in [6, 6.07) is 58.7. The second kappa shape index (κ2) is 12.3. The van der Waals surface area contributed by atoms with Crippen LogP contribution in [0.1, 0.15) is 30.9 Å². The first-order valence-corrected chi connectivity index (χ1v) is 21.2. The van der Waals surface area contributed by atoms with Crippen molar-refractivity contribution in [2.75, 3.05) is 4.90 Å². The van der Waals surface area contributed by atoms with Crippen molar-refractivity contribution in [3.8, 4) is 22.5 Å². The fourth-order valence-electron chi connectivity index (χ4n) is 10.8. The summed E-state index contributed by atoms with van der Waals surface area (Å²) in [6.45, 7) is 4.69. The van der Waals surface area contributed by atoms with Gasteiger partial charge in [0.1, 0.15) is 0 Å². The van der Waals surface area contributed by atoms with Crippen LogP contribution in [0.4, 0.5) is 11.4 Å². The molecule has 9 aromatic rings. The molecule has 4 aliphatic rings. The van der Waals surface area contributed by atoms with Crippen LogP contribution in [0.5, 0.6) is 0 Å². The Hall–Kier alpha value is -7.36. The fraction of sp³-hybridized carbons (Fsp3) is 0.0877. The van der Waals surface area contributed by atoms with Crippen LogP contribution in [0.3, 0.4) is 0 Å². The molecule has 3 atom stereocenters. The van der Waals surface area contributed by atoms with Crippen LogP contribution in [0.2, 0.25) is 0 Å². The lowest BCUT2D eigenvalue weighted by atomic mass is 9.83. The van der Waals surface area contributed by atoms with Gasteiger partial charge in [-0.3, -0.25) is 0 Å². The Morgan fingerprint density at radius 2 is 1.12 bits per heavy atom. The highest BCUT2D eigenvalue weighted by Gasteiger charge is 2.42. The van der Waals surface area contributed by atoms with E-state index >= 15 is 0 Å². The monoisotopic (exact) mass is 767 g/mol. The lowest BCUT2D eigenvalue weighted by molar-refractivity contribution is 0.618. The highest BCUT2D eigenvalue weighted by atomic mass is 15.2. The summed E-state index contributed by atoms with van der Waals surface area (Å²) < 4.78 is 4.90. The van der Waals surface area contributed by atoms with Gasteiger partial charge in [0.25, 0.3) is 0 Å². The minimum Gasteiger partial charge on any atom is -0.313 e. The highest BCUT2D eigenvalue weighted by Crippen LogP contribution is 2.57. The van der Waals surface area contributed by atoms with E-state index in [0.29, 0.717) is 5.92 Å². The summed E-state index contributed by atoms with van der Waals surface area (Å²) in [7, 11) is 0. The van der Waals surface area contributed by atoms with Crippen molar-refractivity contribution in [1.29, 1.82) is 0 Å². The van der Waals surface area contributed by atoms with Crippen LogP contribution >= 0.6 is 0 Å². The number of fused-ring (bicyclic) bond motifs is 10. The zero-order chi connectivity index (χ0) is 39.7. The molecule has 0 spiro atoms. The Morgan fingerprint density at radius 1 is 0.500 bits per heavy atom. The van der Waals surface area contributed by atoms with Crippen LogP contribution in [-0.2, 0) is 0 Å². The van der Waals surface area contributed by atoms with E-state index in [1.165, 1.54) is 105 Å². The number of rotatable bonds is 5. The first-order valence-electron chi connectivity index (χ1n) is 21.2. The summed E-state index contributed by atoms with van der Waals surface area (Å²) in [5.41, 5.74) is 18.9. The van der Waals surface area contributed by atoms with Gasteiger partial charge in [-0.15, -0.1) is 0 Å². The fourth-order valence-corrected chi connectivity index (χ4v) is 10.8. The normalized spacial score (nSPS) is 20.0. The Morgan fingerprint density at radius 3 is 1.85 bits per heavy atom. The third-order valence-electron chi connectivity index (χ3n) is 13.7. The first kappa shape index (κ1) is 33.6. The molecule has 3 nitrogen and oxygen atoms in total. The van der Waals surface area contributed by atoms with Gasteiger partial charge in [-0.25, -0.2) is 0 Å². The van der Waals surface area contributed by atoms with Gasteiger partial charge in [-0.1, -0.05) is 128 Å². The van der Waals surface area contributed by atoms with Crippen LogP contribution < -0.4 is 4.90 Å². The molecule has 0 amide bonds. The second-order valence-electron chi connectivity index (χ2n) is 17.2. The molecule has 284 valence electrons. The van der Waals surface area contributed by atoms with Crippen molar-refractivity contribution in [1.82, 2.24) is 9.13 Å². The summed E-state index contributed by atoms with van der Waals surface area (Å²) >= 11 is 0. The van der Waals surface area contributed by atoms with Gasteiger partial charge in [0.15, 0.2) is 0 Å². The molecule has 0 fully saturated rings. The van der Waals surface area contributed by atoms with Crippen molar-refractivity contribution in [2.45, 2.75) is 19.8 Å². The number of benzene rings is 7. The number of anilines is 2. The average molecular weight is 768 g/mol. The van der Waals surface area contributed by atoms with Gasteiger partial charge < -0.3 is 14.0 Å². The maximum Gasteiger partial charge on any atom is 0.0542 e. The molecule has 2 aromatic heterocycles. The first-order chi connectivity index (χ1) is 29.5. The van der Waals surface area contributed by atoms with E-state index in [2.05, 4.69) is 228 Å². The summed E-state index contributed by atoms with van der Waals surface area (Å²) in [6.07, 6.45) is 16.2. The maximum atomic E-state index is 2.54. The van der Waals surface area contributed by atoms with E-state index in [9.17, 15) is 0 Å². The standard InChI is InChI=1S/C57H41N3/c1-36-14-12-24-55-56(36)48-34-41(26-28-54(48)60(55)42-31-38(37-15-4-3-5-16-37)30-39(32-42)43-20-13-29-57(2)35-49(43)57)59-52-23-11-8-19-46(52)47-33-40(25-27-53(47)59)58-50-21-9-6-17-44(50)45-18-7-10-22-51(45)58/h3-36,56H,1-2H3/t36?,56?,57-/m1/s1. The molecule has 2 unspecified atom stereocenters. The van der Waals surface area contributed by atoms with E-state index in [1.54, 1.807) is 0 Å². The molecule has 1 aliphatic heterocycles. The number of para-hydroxylation sites is 3. The molecule has 13 rings (SSSR count). The molecule has 0 N–H and O–H groups in total. The van der Waals surface area contributed by atoms with Crippen LogP contribution in [0.15, 0.2) is 212 Å². The van der Waals surface area contributed by atoms with E-state index in [1.807, 2.05) is 0 Å². The number of aromatic nitrogens is 2. The summed E-state index contributed by atoms with van der Waals surface area (Å²) in [5.74, 6) is 0.575. The van der Waals surface area contributed by atoms with Gasteiger partial charge in [0, 0.05) is 61.3 Å². The average Bonchev–Trinajstić information content (AvgIpc) is 3.55. The molecule has 0 bridgehead atoms. The number of hydrogen-bond donors (Lipinski definition) is 0. The lowest BCUT2D eigenvalue weighted by Crippen LogP contribution is -2.18. The Bertz CT molecular complexity index is 3420. The highest BCUT2D eigenvalue weighted by molar-refractivity contribution is 6.12. The largest absolute Gasteiger partial charge is 0.313 e. The zero-order valence-corrected chi connectivity index (χ0v) is 33.5. The quantitative estimate of drug-likeness (QED) is 0.170. The molecule has 0 saturated heterocycles. The van der Waals surface area contributed by atoms with Gasteiger partial charge in [0.05, 0.1) is 22.1 Å². The topological polar surface area (TPSA) is 13.1 Å². The second-order valence-corrected chi connectivity index (χ2v) is 17.2. The van der Waals surface area contributed by atoms with E-state index in [4.69, 9.17) is 0 Å². The molecule has 3 aliphatic carbocycles. The van der Waals surface area contributed by atoms with Crippen LogP contribution in [-0.4, -0.2) is 9.13 Å². The third-order valence-corrected chi connectivity index (χ3v) is 13.7. The SMILES string of the molecule is CC1C=CC=C2C1c1cc(-n3c4ccccc4c4cc(-n5c6ccccc6c6ccccc65)ccc43)ccc1N2c1cc(C2=CC=C[C@]3(C)C=C23)cc(-c2ccccc2)c1. The van der Waals surface area contributed by atoms with Crippen molar-refractivity contribution in [3.05, 3.63) is 223 Å². The number of hydrogen-bond acceptors (Lipinski definition) is 1. The predicted octanol–water partition coefficient (Wildman–Crippen LogP) is 14.8. The van der Waals surface area contributed by atoms with E-state index in [0.717, 1.165) is 0 Å². The smallest absolute Gasteiger partial charge is 0.0542 e. The van der Waals surface area contributed by atoms with E-state index < -0.39 is 0 Å². The van der Waals surface area contributed by atoms with Crippen molar-refractivity contribution in [3.63, 3.8) is 0 Å². The minimum atomic E-state index is 0.0697. The van der Waals surface area contributed by atoms with Crippen LogP contribution in [0, 0.1) is 11.3 Å². The molecule has 3 heteroatoms. The Balaban J connectivity index is 0.985. The number of allylic oxidation sites excluding steroid dienone is 10. The number of nitrogens with zero attached hydrogens (tertiary/aromatic N) is 3. The van der Waals surface area contributed by atoms with E-state index in [-0.39, 0.29) is 11.3 Å². The van der Waals surface area contributed by atoms with Gasteiger partial charge >= 0.3 is 0 Å². The van der Waals surface area contributed by atoms with Gasteiger partial charge in [-0.2, -0.15) is 0 Å². The summed E-state index contributed by atoms with van der Waals surface area (Å²) in [4.78, 5) is 2.54. The Labute approximate surface area is 349 Å². The lowest BCUT2D eigenvalue weighted by Gasteiger charge is -2.28. The van der Waals surface area contributed by atoms with Crippen LogP contribution in [0.25, 0.3) is 71.7 Å². The summed E-state index contributed by atoms with van der Waals surface area (Å²) in [5, 5.41) is 5.06. The van der Waals surface area contributed by atoms with Crippen molar-refractivity contribution in [2.24, 2.45) is 11.3 Å². The molecule has 7 aromatic carbocycles. The molecule has 0 saturated carbocycles. The van der Waals surface area contributed by atoms with Gasteiger partial charge in [0.2, 0.25) is 0 Å².